The zero-order valence-corrected chi connectivity index (χ0v) is 10.7. The Morgan fingerprint density at radius 2 is 1.62 bits per heavy atom. The van der Waals surface area contributed by atoms with E-state index in [9.17, 15) is 9.59 Å². The lowest BCUT2D eigenvalue weighted by Crippen LogP contribution is -2.51. The Labute approximate surface area is 96.2 Å². The molecule has 0 fully saturated rings. The second kappa shape index (κ2) is 4.72. The van der Waals surface area contributed by atoms with Crippen molar-refractivity contribution >= 4 is 12.1 Å². The molecular formula is C11H21NO4. The first-order chi connectivity index (χ1) is 6.96. The summed E-state index contributed by atoms with van der Waals surface area (Å²) < 4.78 is 5.06. The Kier molecular flexibility index (Phi) is 4.35. The number of hydrogen-bond donors (Lipinski definition) is 2. The Hall–Kier alpha value is -1.26. The molecule has 0 aliphatic heterocycles. The molecule has 0 saturated heterocycles. The van der Waals surface area contributed by atoms with Crippen molar-refractivity contribution in [1.29, 1.82) is 0 Å². The zero-order chi connectivity index (χ0) is 13.1. The van der Waals surface area contributed by atoms with Crippen molar-refractivity contribution in [1.82, 2.24) is 5.32 Å². The molecule has 0 radical (unpaired) electrons. The van der Waals surface area contributed by atoms with Crippen molar-refractivity contribution in [3.05, 3.63) is 0 Å². The number of amides is 1. The van der Waals surface area contributed by atoms with E-state index >= 15 is 0 Å². The summed E-state index contributed by atoms with van der Waals surface area (Å²) in [6.45, 7) is 10.1. The molecule has 0 bridgehead atoms. The molecule has 94 valence electrons. The van der Waals surface area contributed by atoms with Crippen LogP contribution in [0.3, 0.4) is 0 Å². The molecule has 0 heterocycles. The topological polar surface area (TPSA) is 75.6 Å². The van der Waals surface area contributed by atoms with Gasteiger partial charge < -0.3 is 15.2 Å². The summed E-state index contributed by atoms with van der Waals surface area (Å²) in [5.74, 6) is -1.65. The van der Waals surface area contributed by atoms with Gasteiger partial charge in [0, 0.05) is 0 Å². The van der Waals surface area contributed by atoms with E-state index in [-0.39, 0.29) is 0 Å². The molecule has 1 atom stereocenters. The van der Waals surface area contributed by atoms with Crippen LogP contribution in [0.5, 0.6) is 0 Å². The van der Waals surface area contributed by atoms with Crippen LogP contribution in [0.25, 0.3) is 0 Å². The third-order valence-electron chi connectivity index (χ3n) is 2.28. The Balaban J connectivity index is 4.48. The minimum absolute atomic E-state index is 0.591. The van der Waals surface area contributed by atoms with Crippen LogP contribution in [0.4, 0.5) is 4.79 Å². The SMILES string of the molecule is CC(C(=O)O)C(C)(C)NC(=O)OC(C)(C)C. The number of carboxylic acids is 1. The highest BCUT2D eigenvalue weighted by atomic mass is 16.6. The predicted molar refractivity (Wildman–Crippen MR) is 60.2 cm³/mol. The van der Waals surface area contributed by atoms with Gasteiger partial charge in [0.15, 0.2) is 0 Å². The van der Waals surface area contributed by atoms with Crippen LogP contribution in [-0.2, 0) is 9.53 Å². The van der Waals surface area contributed by atoms with Gasteiger partial charge >= 0.3 is 12.1 Å². The van der Waals surface area contributed by atoms with E-state index in [4.69, 9.17) is 9.84 Å². The van der Waals surface area contributed by atoms with Crippen molar-refractivity contribution in [2.45, 2.75) is 52.7 Å². The fourth-order valence-electron chi connectivity index (χ4n) is 0.984. The molecule has 5 nitrogen and oxygen atoms in total. The fraction of sp³-hybridized carbons (Fsp3) is 0.818. The number of hydrogen-bond acceptors (Lipinski definition) is 3. The highest BCUT2D eigenvalue weighted by Crippen LogP contribution is 2.17. The molecule has 5 heteroatoms. The molecule has 2 N–H and O–H groups in total. The van der Waals surface area contributed by atoms with Crippen LogP contribution in [0, 0.1) is 5.92 Å². The Morgan fingerprint density at radius 1 is 1.19 bits per heavy atom. The van der Waals surface area contributed by atoms with Gasteiger partial charge in [-0.1, -0.05) is 0 Å². The van der Waals surface area contributed by atoms with E-state index in [0.717, 1.165) is 0 Å². The molecule has 0 spiro atoms. The third-order valence-corrected chi connectivity index (χ3v) is 2.28. The van der Waals surface area contributed by atoms with Crippen LogP contribution in [0.15, 0.2) is 0 Å². The first-order valence-electron chi connectivity index (χ1n) is 5.19. The minimum Gasteiger partial charge on any atom is -0.481 e. The summed E-state index contributed by atoms with van der Waals surface area (Å²) in [6.07, 6.45) is -0.606. The predicted octanol–water partition coefficient (Wildman–Crippen LogP) is 2.01. The van der Waals surface area contributed by atoms with E-state index in [1.54, 1.807) is 41.5 Å². The molecule has 0 saturated carbocycles. The van der Waals surface area contributed by atoms with Gasteiger partial charge in [0.2, 0.25) is 0 Å². The van der Waals surface area contributed by atoms with E-state index in [1.807, 2.05) is 0 Å². The average molecular weight is 231 g/mol. The molecule has 0 aliphatic rings. The number of ether oxygens (including phenoxy) is 1. The summed E-state index contributed by atoms with van der Waals surface area (Å²) >= 11 is 0. The van der Waals surface area contributed by atoms with E-state index in [2.05, 4.69) is 5.32 Å². The summed E-state index contributed by atoms with van der Waals surface area (Å²) in [4.78, 5) is 22.3. The number of rotatable bonds is 3. The van der Waals surface area contributed by atoms with Crippen LogP contribution < -0.4 is 5.32 Å². The van der Waals surface area contributed by atoms with Crippen molar-refractivity contribution in [3.63, 3.8) is 0 Å². The molecule has 0 aromatic rings. The molecule has 1 amide bonds. The van der Waals surface area contributed by atoms with Crippen LogP contribution in [-0.4, -0.2) is 28.3 Å². The van der Waals surface area contributed by atoms with Gasteiger partial charge in [-0.15, -0.1) is 0 Å². The van der Waals surface area contributed by atoms with E-state index in [0.29, 0.717) is 0 Å². The van der Waals surface area contributed by atoms with Crippen LogP contribution in [0.2, 0.25) is 0 Å². The summed E-state index contributed by atoms with van der Waals surface area (Å²) in [5.41, 5.74) is -1.44. The van der Waals surface area contributed by atoms with Gasteiger partial charge in [0.25, 0.3) is 0 Å². The van der Waals surface area contributed by atoms with Crippen molar-refractivity contribution in [3.8, 4) is 0 Å². The molecule has 0 rings (SSSR count). The number of carboxylic acid groups (broad SMARTS) is 1. The monoisotopic (exact) mass is 231 g/mol. The lowest BCUT2D eigenvalue weighted by atomic mass is 9.89. The second-order valence-corrected chi connectivity index (χ2v) is 5.41. The molecular weight excluding hydrogens is 210 g/mol. The first-order valence-corrected chi connectivity index (χ1v) is 5.19. The Bertz CT molecular complexity index is 278. The summed E-state index contributed by atoms with van der Waals surface area (Å²) in [5, 5.41) is 11.4. The standard InChI is InChI=1S/C11H21NO4/c1-7(8(13)14)11(5,6)12-9(15)16-10(2,3)4/h7H,1-6H3,(H,12,15)(H,13,14). The number of aliphatic carboxylic acids is 1. The van der Waals surface area contributed by atoms with Gasteiger partial charge in [0.05, 0.1) is 11.5 Å². The van der Waals surface area contributed by atoms with Crippen LogP contribution >= 0.6 is 0 Å². The minimum atomic E-state index is -0.957. The summed E-state index contributed by atoms with van der Waals surface area (Å²) in [7, 11) is 0. The molecule has 1 unspecified atom stereocenters. The molecule has 0 aliphatic carbocycles. The number of alkyl carbamates (subject to hydrolysis) is 1. The lowest BCUT2D eigenvalue weighted by Gasteiger charge is -2.31. The van der Waals surface area contributed by atoms with Crippen molar-refractivity contribution in [2.75, 3.05) is 0 Å². The van der Waals surface area contributed by atoms with Crippen molar-refractivity contribution < 1.29 is 19.4 Å². The van der Waals surface area contributed by atoms with E-state index < -0.39 is 29.1 Å². The second-order valence-electron chi connectivity index (χ2n) is 5.41. The smallest absolute Gasteiger partial charge is 0.408 e. The number of nitrogens with one attached hydrogen (secondary N) is 1. The average Bonchev–Trinajstić information content (AvgIpc) is 1.97. The highest BCUT2D eigenvalue weighted by Gasteiger charge is 2.34. The maximum absolute atomic E-state index is 11.5. The first kappa shape index (κ1) is 14.7. The zero-order valence-electron chi connectivity index (χ0n) is 10.7. The highest BCUT2D eigenvalue weighted by molar-refractivity contribution is 5.74. The van der Waals surface area contributed by atoms with Gasteiger partial charge in [-0.25, -0.2) is 4.79 Å². The lowest BCUT2D eigenvalue weighted by molar-refractivity contribution is -0.143. The van der Waals surface area contributed by atoms with Gasteiger partial charge in [-0.3, -0.25) is 4.79 Å². The van der Waals surface area contributed by atoms with E-state index in [1.165, 1.54) is 0 Å². The normalized spacial score (nSPS) is 14.1. The van der Waals surface area contributed by atoms with Gasteiger partial charge in [0.1, 0.15) is 5.60 Å². The summed E-state index contributed by atoms with van der Waals surface area (Å²) in [6, 6.07) is 0. The van der Waals surface area contributed by atoms with Gasteiger partial charge in [-0.2, -0.15) is 0 Å². The third kappa shape index (κ3) is 5.00. The molecule has 0 aromatic carbocycles. The van der Waals surface area contributed by atoms with Gasteiger partial charge in [-0.05, 0) is 41.5 Å². The molecule has 16 heavy (non-hydrogen) atoms. The van der Waals surface area contributed by atoms with Crippen molar-refractivity contribution in [2.24, 2.45) is 5.92 Å². The van der Waals surface area contributed by atoms with Crippen LogP contribution in [0.1, 0.15) is 41.5 Å². The molecule has 0 aromatic heterocycles. The number of carbonyl (C=O) groups is 2. The largest absolute Gasteiger partial charge is 0.481 e. The quantitative estimate of drug-likeness (QED) is 0.779. The Morgan fingerprint density at radius 3 is 1.94 bits per heavy atom. The number of carbonyl (C=O) groups excluding carboxylic acids is 1. The maximum atomic E-state index is 11.5. The fourth-order valence-corrected chi connectivity index (χ4v) is 0.984. The maximum Gasteiger partial charge on any atom is 0.408 e.